The van der Waals surface area contributed by atoms with Crippen LogP contribution in [-0.2, 0) is 36.3 Å². The summed E-state index contributed by atoms with van der Waals surface area (Å²) in [5.41, 5.74) is 13.2. The SMILES string of the molecule is COP1(=O)OC[C@H]2S[C@@H](n3cnc4c(N)ncnc43)C(O)C2OP(=O)(OC)OC[C@H]2S[C@@H](n3cnc4c(N)ncnc43)C(O)C2O1. The Balaban J connectivity index is 1.20. The van der Waals surface area contributed by atoms with Crippen LogP contribution in [0, 0.1) is 0 Å². The molecular weight excluding hydrogens is 690 g/mol. The Hall–Kier alpha value is -2.46. The van der Waals surface area contributed by atoms with Gasteiger partial charge in [0.15, 0.2) is 22.9 Å². The van der Waals surface area contributed by atoms with Crippen LogP contribution in [-0.4, -0.2) is 112 Å². The molecule has 46 heavy (non-hydrogen) atoms. The van der Waals surface area contributed by atoms with Gasteiger partial charge in [0.25, 0.3) is 0 Å². The van der Waals surface area contributed by atoms with Crippen molar-refractivity contribution in [2.45, 2.75) is 45.7 Å². The minimum absolute atomic E-state index is 0.147. The zero-order chi connectivity index (χ0) is 32.4. The maximum absolute atomic E-state index is 13.8. The molecule has 0 spiro atoms. The molecule has 0 amide bonds. The van der Waals surface area contributed by atoms with Crippen LogP contribution in [0.4, 0.5) is 11.6 Å². The summed E-state index contributed by atoms with van der Waals surface area (Å²) in [4.78, 5) is 24.9. The standard InChI is InChI=1S/C22H28N10O10P2S2/c1-37-43(35)39-3-9-16(14(34)22(45-9)32-8-30-12-18(24)26-6-28-20(12)32)42-44(36,38-2)40-4-10-15(41-43)13(33)21(46-10)31-7-29-11-17(23)25-5-27-19(11)31/h5-10,13-16,21-22,33-34H,3-4H2,1-2H3,(H2,23,25,27)(H2,24,26,28)/t9-,10-,13?,14?,15?,16?,21-,22-,43?,44?/m1/s1. The summed E-state index contributed by atoms with van der Waals surface area (Å²) in [7, 11) is -6.43. The molecule has 24 heteroatoms. The normalized spacial score (nSPS) is 37.1. The Morgan fingerprint density at radius 3 is 1.57 bits per heavy atom. The molecule has 7 rings (SSSR count). The number of aromatic nitrogens is 8. The molecule has 20 nitrogen and oxygen atoms in total. The summed E-state index contributed by atoms with van der Waals surface area (Å²) < 4.78 is 64.5. The number of imidazole rings is 2. The van der Waals surface area contributed by atoms with Crippen molar-refractivity contribution in [3.05, 3.63) is 25.3 Å². The molecule has 4 aromatic rings. The largest absolute Gasteiger partial charge is 0.474 e. The van der Waals surface area contributed by atoms with E-state index in [2.05, 4.69) is 29.9 Å². The molecule has 10 atom stereocenters. The van der Waals surface area contributed by atoms with E-state index in [9.17, 15) is 19.3 Å². The number of hydrogen-bond donors (Lipinski definition) is 4. The maximum Gasteiger partial charge on any atom is 0.474 e. The van der Waals surface area contributed by atoms with E-state index in [4.69, 9.17) is 38.6 Å². The van der Waals surface area contributed by atoms with Crippen LogP contribution in [0.25, 0.3) is 22.3 Å². The molecule has 7 heterocycles. The number of rotatable bonds is 4. The highest BCUT2D eigenvalue weighted by Crippen LogP contribution is 2.60. The van der Waals surface area contributed by atoms with Crippen LogP contribution in [0.1, 0.15) is 10.7 Å². The van der Waals surface area contributed by atoms with Crippen LogP contribution < -0.4 is 11.5 Å². The highest BCUT2D eigenvalue weighted by atomic mass is 32.2. The van der Waals surface area contributed by atoms with E-state index < -0.39 is 61.3 Å². The summed E-state index contributed by atoms with van der Waals surface area (Å²) in [5.74, 6) is 0.295. The van der Waals surface area contributed by atoms with E-state index in [1.165, 1.54) is 25.3 Å². The molecule has 0 aromatic carbocycles. The van der Waals surface area contributed by atoms with Gasteiger partial charge in [-0.05, 0) is 0 Å². The summed E-state index contributed by atoms with van der Waals surface area (Å²) in [6.07, 6.45) is 0.253. The fraction of sp³-hybridized carbons (Fsp3) is 0.545. The number of nitrogens with two attached hydrogens (primary N) is 2. The number of hydrogen-bond acceptors (Lipinski definition) is 20. The molecule has 0 saturated carbocycles. The zero-order valence-electron chi connectivity index (χ0n) is 23.9. The lowest BCUT2D eigenvalue weighted by atomic mass is 10.1. The van der Waals surface area contributed by atoms with Crippen molar-refractivity contribution in [3.8, 4) is 0 Å². The molecule has 3 saturated heterocycles. The van der Waals surface area contributed by atoms with Crippen molar-refractivity contribution >= 4 is 73.1 Å². The van der Waals surface area contributed by atoms with Gasteiger partial charge in [-0.1, -0.05) is 0 Å². The number of phosphoric acid groups is 2. The van der Waals surface area contributed by atoms with Gasteiger partial charge in [0.05, 0.1) is 36.4 Å². The van der Waals surface area contributed by atoms with Crippen molar-refractivity contribution < 1.29 is 46.5 Å². The molecule has 3 aliphatic heterocycles. The predicted molar refractivity (Wildman–Crippen MR) is 163 cm³/mol. The van der Waals surface area contributed by atoms with Gasteiger partial charge in [-0.25, -0.2) is 39.0 Å². The Bertz CT molecular complexity index is 1740. The lowest BCUT2D eigenvalue weighted by Crippen LogP contribution is -2.38. The van der Waals surface area contributed by atoms with Crippen molar-refractivity contribution in [1.29, 1.82) is 0 Å². The zero-order valence-corrected chi connectivity index (χ0v) is 27.4. The van der Waals surface area contributed by atoms with Crippen LogP contribution in [0.2, 0.25) is 0 Å². The molecule has 248 valence electrons. The lowest BCUT2D eigenvalue weighted by Gasteiger charge is -2.30. The van der Waals surface area contributed by atoms with Crippen LogP contribution in [0.15, 0.2) is 25.3 Å². The molecule has 3 fully saturated rings. The molecule has 6 N–H and O–H groups in total. The number of thioether (sulfide) groups is 2. The number of aliphatic hydroxyl groups excluding tert-OH is 2. The topological polar surface area (TPSA) is 269 Å². The molecule has 0 aliphatic carbocycles. The maximum atomic E-state index is 13.8. The van der Waals surface area contributed by atoms with Crippen molar-refractivity contribution in [1.82, 2.24) is 39.0 Å². The van der Waals surface area contributed by atoms with Gasteiger partial charge < -0.3 is 21.7 Å². The summed E-state index contributed by atoms with van der Waals surface area (Å²) >= 11 is 2.29. The number of nitrogen functional groups attached to an aromatic ring is 2. The van der Waals surface area contributed by atoms with Crippen LogP contribution in [0.5, 0.6) is 0 Å². The van der Waals surface area contributed by atoms with E-state index in [1.54, 1.807) is 9.13 Å². The third-order valence-corrected chi connectivity index (χ3v) is 13.6. The minimum atomic E-state index is -4.35. The first-order valence-electron chi connectivity index (χ1n) is 13.5. The van der Waals surface area contributed by atoms with E-state index in [-0.39, 0.29) is 24.8 Å². The van der Waals surface area contributed by atoms with E-state index >= 15 is 0 Å². The number of fused-ring (bicyclic) bond motifs is 4. The molecule has 0 bridgehead atoms. The van der Waals surface area contributed by atoms with Gasteiger partial charge >= 0.3 is 15.6 Å². The Kier molecular flexibility index (Phi) is 8.52. The Morgan fingerprint density at radius 2 is 1.17 bits per heavy atom. The van der Waals surface area contributed by atoms with E-state index in [0.29, 0.717) is 22.3 Å². The van der Waals surface area contributed by atoms with E-state index in [1.807, 2.05) is 0 Å². The van der Waals surface area contributed by atoms with Gasteiger partial charge in [0, 0.05) is 14.2 Å². The first kappa shape index (κ1) is 32.1. The summed E-state index contributed by atoms with van der Waals surface area (Å²) in [6, 6.07) is 0. The highest BCUT2D eigenvalue weighted by molar-refractivity contribution is 8.00. The Labute approximate surface area is 268 Å². The molecule has 4 aromatic heterocycles. The fourth-order valence-electron chi connectivity index (χ4n) is 5.42. The van der Waals surface area contributed by atoms with Crippen molar-refractivity contribution in [2.75, 3.05) is 38.9 Å². The van der Waals surface area contributed by atoms with Gasteiger partial charge in [-0.3, -0.25) is 36.3 Å². The average molecular weight is 719 g/mol. The third kappa shape index (κ3) is 5.49. The summed E-state index contributed by atoms with van der Waals surface area (Å²) in [6.45, 7) is -0.734. The molecule has 0 radical (unpaired) electrons. The number of anilines is 2. The molecular formula is C22H28N10O10P2S2. The van der Waals surface area contributed by atoms with Gasteiger partial charge in [-0.2, -0.15) is 0 Å². The monoisotopic (exact) mass is 718 g/mol. The number of phosphoric ester groups is 2. The first-order chi connectivity index (χ1) is 22.0. The van der Waals surface area contributed by atoms with E-state index in [0.717, 1.165) is 37.7 Å². The van der Waals surface area contributed by atoms with Crippen LogP contribution >= 0.6 is 39.2 Å². The first-order valence-corrected chi connectivity index (χ1v) is 18.4. The second kappa shape index (κ2) is 12.2. The number of aliphatic hydroxyl groups is 2. The molecule has 6 unspecified atom stereocenters. The number of nitrogens with zero attached hydrogens (tertiary/aromatic N) is 8. The summed E-state index contributed by atoms with van der Waals surface area (Å²) in [5, 5.41) is 19.7. The molecule has 3 aliphatic rings. The Morgan fingerprint density at radius 1 is 0.761 bits per heavy atom. The van der Waals surface area contributed by atoms with Gasteiger partial charge in [0.1, 0.15) is 58.9 Å². The average Bonchev–Trinajstić information content (AvgIpc) is 3.81. The third-order valence-electron chi connectivity index (χ3n) is 7.68. The second-order valence-electron chi connectivity index (χ2n) is 10.3. The van der Waals surface area contributed by atoms with Crippen molar-refractivity contribution in [3.63, 3.8) is 0 Å². The van der Waals surface area contributed by atoms with Gasteiger partial charge in [-0.15, -0.1) is 23.5 Å². The highest BCUT2D eigenvalue weighted by Gasteiger charge is 2.54. The quantitative estimate of drug-likeness (QED) is 0.215. The second-order valence-corrected chi connectivity index (χ2v) is 16.4. The minimum Gasteiger partial charge on any atom is -0.387 e. The lowest BCUT2D eigenvalue weighted by molar-refractivity contribution is -0.0232. The fourth-order valence-corrected chi connectivity index (χ4v) is 11.1. The van der Waals surface area contributed by atoms with Gasteiger partial charge in [0.2, 0.25) is 0 Å². The smallest absolute Gasteiger partial charge is 0.387 e. The van der Waals surface area contributed by atoms with Crippen LogP contribution in [0.3, 0.4) is 0 Å². The predicted octanol–water partition coefficient (Wildman–Crippen LogP) is 1.11. The van der Waals surface area contributed by atoms with Crippen molar-refractivity contribution in [2.24, 2.45) is 0 Å².